The van der Waals surface area contributed by atoms with Crippen molar-refractivity contribution in [3.05, 3.63) is 23.8 Å². The Bertz CT molecular complexity index is 250. The van der Waals surface area contributed by atoms with Crippen molar-refractivity contribution < 1.29 is 26.9 Å². The zero-order valence-corrected chi connectivity index (χ0v) is 11.7. The Labute approximate surface area is 121 Å². The molecule has 0 aliphatic rings. The van der Waals surface area contributed by atoms with Gasteiger partial charge in [0.15, 0.2) is 0 Å². The molecular weight excluding hydrogens is 249 g/mol. The molecule has 0 saturated heterocycles. The Balaban J connectivity index is -0.000000169. The van der Waals surface area contributed by atoms with Crippen molar-refractivity contribution in [2.24, 2.45) is 5.41 Å². The smallest absolute Gasteiger partial charge is 0.608 e. The second-order valence-electron chi connectivity index (χ2n) is 3.72. The minimum Gasteiger partial charge on any atom is -0.608 e. The molecule has 0 fully saturated rings. The summed E-state index contributed by atoms with van der Waals surface area (Å²) in [5.41, 5.74) is 3.59. The molecule has 0 rings (SSSR count). The van der Waals surface area contributed by atoms with Crippen molar-refractivity contribution in [1.29, 1.82) is 5.26 Å². The predicted octanol–water partition coefficient (Wildman–Crippen LogP) is 1.53. The summed E-state index contributed by atoms with van der Waals surface area (Å²) in [4.78, 5) is 0. The van der Waals surface area contributed by atoms with Gasteiger partial charge < -0.3 is 21.7 Å². The van der Waals surface area contributed by atoms with Gasteiger partial charge in [0.2, 0.25) is 0 Å². The van der Waals surface area contributed by atoms with Crippen molar-refractivity contribution in [2.75, 3.05) is 6.61 Å². The fourth-order valence-corrected chi connectivity index (χ4v) is 0.508. The topological polar surface area (TPSA) is 56.1 Å². The van der Waals surface area contributed by atoms with Crippen LogP contribution in [-0.4, -0.2) is 25.5 Å². The standard InChI is InChI=1S/C10H18O2.CN.Cu.Li/c1-6-12-9(11)7-8(2)10(3,4)5;1-2;;/h11H,6H2,1-5H3;;;/q;-1;+2;/p-1. The predicted molar refractivity (Wildman–Crippen MR) is 58.0 cm³/mol. The molecule has 0 saturated carbocycles. The maximum atomic E-state index is 10.9. The molecule has 0 heterocycles. The van der Waals surface area contributed by atoms with Gasteiger partial charge in [-0.1, -0.05) is 33.4 Å². The maximum absolute atomic E-state index is 10.9. The van der Waals surface area contributed by atoms with E-state index in [0.717, 1.165) is 5.57 Å². The van der Waals surface area contributed by atoms with E-state index in [4.69, 9.17) is 16.6 Å². The molecule has 0 N–H and O–H groups in total. The van der Waals surface area contributed by atoms with Gasteiger partial charge in [0.05, 0.1) is 5.95 Å². The Morgan fingerprint density at radius 3 is 2.00 bits per heavy atom. The molecule has 0 aromatic rings. The first kappa shape index (κ1) is 24.8. The second-order valence-corrected chi connectivity index (χ2v) is 3.72. The van der Waals surface area contributed by atoms with E-state index in [0.29, 0.717) is 6.61 Å². The summed E-state index contributed by atoms with van der Waals surface area (Å²) >= 11 is 0. The molecule has 0 amide bonds. The van der Waals surface area contributed by atoms with Crippen LogP contribution in [0.5, 0.6) is 0 Å². The van der Waals surface area contributed by atoms with Crippen LogP contribution in [-0.2, 0) is 21.8 Å². The van der Waals surface area contributed by atoms with Crippen LogP contribution in [0.15, 0.2) is 17.2 Å². The molecule has 0 spiro atoms. The van der Waals surface area contributed by atoms with E-state index in [-0.39, 0.29) is 47.3 Å². The minimum absolute atomic E-state index is 0. The monoisotopic (exact) mass is 265 g/mol. The molecule has 2 radical (unpaired) electrons. The molecule has 0 aliphatic heterocycles. The van der Waals surface area contributed by atoms with Crippen LogP contribution in [0.1, 0.15) is 34.6 Å². The van der Waals surface area contributed by atoms with Crippen LogP contribution in [0.3, 0.4) is 0 Å². The third kappa shape index (κ3) is 13.7. The molecule has 16 heavy (non-hydrogen) atoms. The van der Waals surface area contributed by atoms with Crippen LogP contribution in [0.25, 0.3) is 0 Å². The van der Waals surface area contributed by atoms with E-state index in [1.807, 2.05) is 27.7 Å². The van der Waals surface area contributed by atoms with Crippen molar-refractivity contribution in [1.82, 2.24) is 0 Å². The van der Waals surface area contributed by atoms with E-state index in [1.54, 1.807) is 6.92 Å². The van der Waals surface area contributed by atoms with Gasteiger partial charge in [0.25, 0.3) is 0 Å². The first-order valence-corrected chi connectivity index (χ1v) is 4.38. The summed E-state index contributed by atoms with van der Waals surface area (Å²) in [6, 6.07) is 0. The van der Waals surface area contributed by atoms with Gasteiger partial charge in [0.1, 0.15) is 0 Å². The number of hydrogen-bond acceptors (Lipinski definition) is 3. The number of rotatable bonds is 2. The van der Waals surface area contributed by atoms with Crippen LogP contribution < -0.4 is 5.11 Å². The molecule has 0 bridgehead atoms. The molecule has 90 valence electrons. The van der Waals surface area contributed by atoms with Gasteiger partial charge in [-0.3, -0.25) is 0 Å². The molecule has 0 aromatic carbocycles. The van der Waals surface area contributed by atoms with E-state index in [9.17, 15) is 5.11 Å². The Hall–Kier alpha value is -0.273. The van der Waals surface area contributed by atoms with Crippen LogP contribution in [0.4, 0.5) is 0 Å². The largest absolute Gasteiger partial charge is 2.00 e. The zero-order chi connectivity index (χ0) is 11.8. The molecule has 0 unspecified atom stereocenters. The first-order chi connectivity index (χ1) is 6.38. The molecule has 3 nitrogen and oxygen atoms in total. The first-order valence-electron chi connectivity index (χ1n) is 4.38. The number of allylic oxidation sites excluding steroid dienone is 1. The number of ether oxygens (including phenoxy) is 1. The average Bonchev–Trinajstić information content (AvgIpc) is 2.06. The van der Waals surface area contributed by atoms with Gasteiger partial charge in [-0.25, -0.2) is 0 Å². The van der Waals surface area contributed by atoms with E-state index in [1.165, 1.54) is 0 Å². The summed E-state index contributed by atoms with van der Waals surface area (Å²) in [5.74, 6) is -0.370. The molecule has 0 aliphatic carbocycles. The zero-order valence-electron chi connectivity index (χ0n) is 10.8. The average molecular weight is 266 g/mol. The van der Waals surface area contributed by atoms with Crippen molar-refractivity contribution in [2.45, 2.75) is 34.6 Å². The van der Waals surface area contributed by atoms with Gasteiger partial charge in [0, 0.05) is 18.9 Å². The summed E-state index contributed by atoms with van der Waals surface area (Å²) in [7, 11) is 0. The van der Waals surface area contributed by atoms with Crippen LogP contribution >= 0.6 is 0 Å². The third-order valence-electron chi connectivity index (χ3n) is 1.69. The maximum Gasteiger partial charge on any atom is 2.00 e. The Morgan fingerprint density at radius 2 is 1.75 bits per heavy atom. The summed E-state index contributed by atoms with van der Waals surface area (Å²) in [5, 5.41) is 17.2. The second kappa shape index (κ2) is 12.8. The van der Waals surface area contributed by atoms with Crippen molar-refractivity contribution in [3.63, 3.8) is 0 Å². The van der Waals surface area contributed by atoms with Crippen LogP contribution in [0.2, 0.25) is 0 Å². The Morgan fingerprint density at radius 1 is 1.38 bits per heavy atom. The van der Waals surface area contributed by atoms with Crippen molar-refractivity contribution in [3.8, 4) is 0 Å². The molecular formula is C11H17CuLiNO2. The summed E-state index contributed by atoms with van der Waals surface area (Å²) in [6.07, 6.45) is 0. The van der Waals surface area contributed by atoms with Crippen molar-refractivity contribution >= 4 is 18.9 Å². The van der Waals surface area contributed by atoms with Gasteiger partial charge in [-0.15, -0.1) is 0 Å². The van der Waals surface area contributed by atoms with Crippen LogP contribution in [0, 0.1) is 17.2 Å². The molecule has 0 aromatic heterocycles. The van der Waals surface area contributed by atoms with Gasteiger partial charge >= 0.3 is 17.1 Å². The van der Waals surface area contributed by atoms with Gasteiger partial charge in [-0.05, 0) is 24.5 Å². The fourth-order valence-electron chi connectivity index (χ4n) is 0.508. The molecule has 0 atom stereocenters. The van der Waals surface area contributed by atoms with E-state index in [2.05, 4.69) is 5.73 Å². The minimum atomic E-state index is -0.370. The van der Waals surface area contributed by atoms with E-state index >= 15 is 0 Å². The normalized spacial score (nSPS) is 7.94. The summed E-state index contributed by atoms with van der Waals surface area (Å²) < 4.78 is 4.74. The SMILES string of the molecule is CCOC([O-])=C=C(C)C(C)(C)C.[C-]#N.[Cu+2].[Li]. The fraction of sp³-hybridized carbons (Fsp3) is 0.636. The Kier molecular flexibility index (Phi) is 19.8. The molecule has 5 heteroatoms. The number of hydrogen-bond donors (Lipinski definition) is 0. The quantitative estimate of drug-likeness (QED) is 0.329. The summed E-state index contributed by atoms with van der Waals surface area (Å²) in [6.45, 7) is 14.9. The number of nitrogens with zero attached hydrogens (tertiary/aromatic N) is 1. The third-order valence-corrected chi connectivity index (χ3v) is 1.69. The van der Waals surface area contributed by atoms with Gasteiger partial charge in [-0.2, -0.15) is 0 Å². The van der Waals surface area contributed by atoms with E-state index < -0.39 is 0 Å².